The summed E-state index contributed by atoms with van der Waals surface area (Å²) in [4.78, 5) is 2.31. The average molecular weight is 311 g/mol. The number of aromatic nitrogens is 2. The predicted molar refractivity (Wildman–Crippen MR) is 82.8 cm³/mol. The van der Waals surface area contributed by atoms with Crippen molar-refractivity contribution in [2.75, 3.05) is 13.7 Å². The quantitative estimate of drug-likeness (QED) is 0.720. The van der Waals surface area contributed by atoms with Crippen molar-refractivity contribution in [3.8, 4) is 17.4 Å². The molecule has 2 aromatic heterocycles. The van der Waals surface area contributed by atoms with Crippen LogP contribution in [0.1, 0.15) is 23.9 Å². The lowest BCUT2D eigenvalue weighted by Gasteiger charge is -2.40. The fourth-order valence-corrected chi connectivity index (χ4v) is 2.85. The van der Waals surface area contributed by atoms with Crippen molar-refractivity contribution < 1.29 is 13.6 Å². The van der Waals surface area contributed by atoms with Crippen molar-refractivity contribution in [1.29, 1.82) is 0 Å². The van der Waals surface area contributed by atoms with Crippen molar-refractivity contribution in [1.82, 2.24) is 15.1 Å². The van der Waals surface area contributed by atoms with E-state index < -0.39 is 0 Å². The Morgan fingerprint density at radius 3 is 2.96 bits per heavy atom. The van der Waals surface area contributed by atoms with Crippen LogP contribution in [0.25, 0.3) is 11.7 Å². The van der Waals surface area contributed by atoms with Gasteiger partial charge in [0.15, 0.2) is 5.76 Å². The van der Waals surface area contributed by atoms with Crippen LogP contribution in [0.3, 0.4) is 0 Å². The van der Waals surface area contributed by atoms with E-state index in [-0.39, 0.29) is 0 Å². The Balaban J connectivity index is 1.47. The number of furan rings is 1. The molecule has 1 fully saturated rings. The van der Waals surface area contributed by atoms with E-state index in [0.29, 0.717) is 30.1 Å². The Morgan fingerprint density at radius 2 is 2.22 bits per heavy atom. The number of methoxy groups -OCH3 is 1. The van der Waals surface area contributed by atoms with Gasteiger partial charge in [-0.05, 0) is 36.2 Å². The number of hydrogen-bond donors (Lipinski definition) is 0. The lowest BCUT2D eigenvalue weighted by molar-refractivity contribution is 0.0716. The lowest BCUT2D eigenvalue weighted by Crippen LogP contribution is -2.40. The summed E-state index contributed by atoms with van der Waals surface area (Å²) < 4.78 is 16.3. The molecule has 1 unspecified atom stereocenters. The molecule has 1 saturated heterocycles. The zero-order valence-electron chi connectivity index (χ0n) is 12.8. The zero-order chi connectivity index (χ0) is 15.6. The maximum atomic E-state index is 5.68. The second-order valence-electron chi connectivity index (χ2n) is 5.53. The van der Waals surface area contributed by atoms with Gasteiger partial charge in [0.1, 0.15) is 5.75 Å². The summed E-state index contributed by atoms with van der Waals surface area (Å²) in [6.07, 6.45) is 2.71. The maximum absolute atomic E-state index is 5.68. The third-order valence-corrected chi connectivity index (χ3v) is 4.15. The first-order chi connectivity index (χ1) is 11.3. The van der Waals surface area contributed by atoms with Crippen molar-refractivity contribution in [3.05, 3.63) is 54.1 Å². The second kappa shape index (κ2) is 5.89. The molecule has 4 rings (SSSR count). The molecule has 6 nitrogen and oxygen atoms in total. The summed E-state index contributed by atoms with van der Waals surface area (Å²) in [6.45, 7) is 1.65. The van der Waals surface area contributed by atoms with Gasteiger partial charge in [0.2, 0.25) is 5.89 Å². The molecule has 23 heavy (non-hydrogen) atoms. The smallest absolute Gasteiger partial charge is 0.283 e. The minimum atomic E-state index is 0.365. The van der Waals surface area contributed by atoms with E-state index in [0.717, 1.165) is 18.7 Å². The van der Waals surface area contributed by atoms with Gasteiger partial charge in [0.25, 0.3) is 5.89 Å². The van der Waals surface area contributed by atoms with E-state index in [1.54, 1.807) is 25.5 Å². The third-order valence-electron chi connectivity index (χ3n) is 4.15. The molecular formula is C17H17N3O3. The van der Waals surface area contributed by atoms with E-state index in [2.05, 4.69) is 27.2 Å². The molecule has 0 bridgehead atoms. The standard InChI is InChI=1S/C17H17N3O3/c1-21-13-5-2-4-12(10-13)14-7-8-20(14)11-16-18-19-17(23-16)15-6-3-9-22-15/h2-6,9-10,14H,7-8,11H2,1H3. The number of hydrogen-bond acceptors (Lipinski definition) is 6. The first-order valence-corrected chi connectivity index (χ1v) is 7.58. The van der Waals surface area contributed by atoms with Crippen LogP contribution in [0.4, 0.5) is 0 Å². The monoisotopic (exact) mass is 311 g/mol. The van der Waals surface area contributed by atoms with Gasteiger partial charge in [-0.1, -0.05) is 12.1 Å². The SMILES string of the molecule is COc1cccc(C2CCN2Cc2nnc(-c3ccco3)o2)c1. The van der Waals surface area contributed by atoms with Crippen LogP contribution in [0.2, 0.25) is 0 Å². The first kappa shape index (κ1) is 14.0. The Labute approximate surface area is 133 Å². The van der Waals surface area contributed by atoms with Gasteiger partial charge in [0, 0.05) is 12.6 Å². The van der Waals surface area contributed by atoms with E-state index in [4.69, 9.17) is 13.6 Å². The Bertz CT molecular complexity index is 782. The lowest BCUT2D eigenvalue weighted by atomic mass is 9.94. The first-order valence-electron chi connectivity index (χ1n) is 7.58. The fraction of sp³-hybridized carbons (Fsp3) is 0.294. The molecule has 1 aliphatic rings. The average Bonchev–Trinajstić information content (AvgIpc) is 3.23. The van der Waals surface area contributed by atoms with Crippen LogP contribution < -0.4 is 4.74 Å². The molecule has 1 aromatic carbocycles. The normalized spacial score (nSPS) is 17.9. The molecule has 0 amide bonds. The highest BCUT2D eigenvalue weighted by Gasteiger charge is 2.31. The molecule has 6 heteroatoms. The van der Waals surface area contributed by atoms with Gasteiger partial charge in [-0.15, -0.1) is 10.2 Å². The number of rotatable bonds is 5. The minimum Gasteiger partial charge on any atom is -0.497 e. The maximum Gasteiger partial charge on any atom is 0.283 e. The number of benzene rings is 1. The molecule has 0 N–H and O–H groups in total. The minimum absolute atomic E-state index is 0.365. The summed E-state index contributed by atoms with van der Waals surface area (Å²) in [5.74, 6) is 2.50. The van der Waals surface area contributed by atoms with E-state index in [1.807, 2.05) is 12.1 Å². The molecule has 0 radical (unpaired) electrons. The third kappa shape index (κ3) is 2.73. The Kier molecular flexibility index (Phi) is 3.59. The van der Waals surface area contributed by atoms with Gasteiger partial charge < -0.3 is 13.6 Å². The van der Waals surface area contributed by atoms with Gasteiger partial charge >= 0.3 is 0 Å². The van der Waals surface area contributed by atoms with Crippen LogP contribution >= 0.6 is 0 Å². The van der Waals surface area contributed by atoms with Gasteiger partial charge in [-0.25, -0.2) is 0 Å². The van der Waals surface area contributed by atoms with Gasteiger partial charge in [-0.2, -0.15) is 0 Å². The number of nitrogens with zero attached hydrogens (tertiary/aromatic N) is 3. The van der Waals surface area contributed by atoms with Crippen LogP contribution in [0.15, 0.2) is 51.5 Å². The van der Waals surface area contributed by atoms with Crippen LogP contribution in [0.5, 0.6) is 5.75 Å². The molecule has 118 valence electrons. The summed E-state index contributed by atoms with van der Waals surface area (Å²) in [6, 6.07) is 12.2. The zero-order valence-corrected chi connectivity index (χ0v) is 12.8. The Morgan fingerprint density at radius 1 is 1.26 bits per heavy atom. The summed E-state index contributed by atoms with van der Waals surface area (Å²) in [5.41, 5.74) is 1.25. The summed E-state index contributed by atoms with van der Waals surface area (Å²) >= 11 is 0. The molecule has 0 aliphatic carbocycles. The number of likely N-dealkylation sites (tertiary alicyclic amines) is 1. The summed E-state index contributed by atoms with van der Waals surface area (Å²) in [5, 5.41) is 8.15. The van der Waals surface area contributed by atoms with Crippen LogP contribution in [-0.2, 0) is 6.54 Å². The van der Waals surface area contributed by atoms with E-state index in [1.165, 1.54) is 5.56 Å². The molecule has 1 atom stereocenters. The van der Waals surface area contributed by atoms with Gasteiger partial charge in [-0.3, -0.25) is 4.90 Å². The largest absolute Gasteiger partial charge is 0.497 e. The van der Waals surface area contributed by atoms with Crippen molar-refractivity contribution in [3.63, 3.8) is 0 Å². The van der Waals surface area contributed by atoms with E-state index >= 15 is 0 Å². The topological polar surface area (TPSA) is 64.5 Å². The second-order valence-corrected chi connectivity index (χ2v) is 5.53. The van der Waals surface area contributed by atoms with Crippen LogP contribution in [0, 0.1) is 0 Å². The van der Waals surface area contributed by atoms with Crippen molar-refractivity contribution in [2.45, 2.75) is 19.0 Å². The highest BCUT2D eigenvalue weighted by Crippen LogP contribution is 2.35. The number of ether oxygens (including phenoxy) is 1. The van der Waals surface area contributed by atoms with Crippen LogP contribution in [-0.4, -0.2) is 28.8 Å². The molecule has 3 heterocycles. The molecule has 0 saturated carbocycles. The van der Waals surface area contributed by atoms with Crippen molar-refractivity contribution >= 4 is 0 Å². The van der Waals surface area contributed by atoms with Crippen molar-refractivity contribution in [2.24, 2.45) is 0 Å². The fourth-order valence-electron chi connectivity index (χ4n) is 2.85. The molecule has 0 spiro atoms. The van der Waals surface area contributed by atoms with E-state index in [9.17, 15) is 0 Å². The highest BCUT2D eigenvalue weighted by molar-refractivity contribution is 5.42. The molecule has 3 aromatic rings. The predicted octanol–water partition coefficient (Wildman–Crippen LogP) is 3.29. The Hall–Kier alpha value is -2.60. The molecule has 1 aliphatic heterocycles. The van der Waals surface area contributed by atoms with Gasteiger partial charge in [0.05, 0.1) is 19.9 Å². The summed E-state index contributed by atoms with van der Waals surface area (Å²) in [7, 11) is 1.69. The molecular weight excluding hydrogens is 294 g/mol. The highest BCUT2D eigenvalue weighted by atomic mass is 16.5.